The van der Waals surface area contributed by atoms with E-state index in [1.165, 1.54) is 0 Å². The summed E-state index contributed by atoms with van der Waals surface area (Å²) >= 11 is 0. The number of allylic oxidation sites excluding steroid dienone is 1. The molecule has 0 aliphatic carbocycles. The summed E-state index contributed by atoms with van der Waals surface area (Å²) in [7, 11) is 0. The second kappa shape index (κ2) is 9.78. The standard InChI is InChI=1S/C26H25N7O2/c1-3-17(2)28-21-6-4-5-19(15-21)23-22-16-27-32-24(22)31-26(30-23)29-20-9-7-18(8-10-20)25(34)33-11-13-35-14-12-33/h3-10,15-16,28H,1-2,11-14H2,(H2,27,29,30,31,32). The fourth-order valence-electron chi connectivity index (χ4n) is 3.87. The van der Waals surface area contributed by atoms with E-state index in [1.807, 2.05) is 36.4 Å². The van der Waals surface area contributed by atoms with Crippen molar-refractivity contribution in [1.29, 1.82) is 0 Å². The van der Waals surface area contributed by atoms with Crippen molar-refractivity contribution < 1.29 is 9.53 Å². The van der Waals surface area contributed by atoms with Crippen LogP contribution in [-0.4, -0.2) is 57.3 Å². The van der Waals surface area contributed by atoms with Crippen LogP contribution in [0.25, 0.3) is 22.3 Å². The van der Waals surface area contributed by atoms with Crippen LogP contribution in [0.2, 0.25) is 0 Å². The number of fused-ring (bicyclic) bond motifs is 1. The van der Waals surface area contributed by atoms with E-state index in [0.717, 1.165) is 28.0 Å². The monoisotopic (exact) mass is 467 g/mol. The predicted octanol–water partition coefficient (Wildman–Crippen LogP) is 4.35. The Kier molecular flexibility index (Phi) is 6.23. The molecule has 1 fully saturated rings. The zero-order valence-electron chi connectivity index (χ0n) is 19.1. The first-order valence-electron chi connectivity index (χ1n) is 11.2. The number of ether oxygens (including phenoxy) is 1. The highest BCUT2D eigenvalue weighted by atomic mass is 16.5. The summed E-state index contributed by atoms with van der Waals surface area (Å²) in [6.45, 7) is 10.0. The van der Waals surface area contributed by atoms with E-state index in [-0.39, 0.29) is 5.91 Å². The van der Waals surface area contributed by atoms with Gasteiger partial charge in [0.15, 0.2) is 5.65 Å². The first-order valence-corrected chi connectivity index (χ1v) is 11.2. The van der Waals surface area contributed by atoms with Crippen LogP contribution >= 0.6 is 0 Å². The molecule has 0 radical (unpaired) electrons. The Hall–Kier alpha value is -4.50. The van der Waals surface area contributed by atoms with Gasteiger partial charge in [0.05, 0.1) is 30.5 Å². The normalized spacial score (nSPS) is 13.4. The molecule has 1 aliphatic heterocycles. The van der Waals surface area contributed by atoms with Crippen LogP contribution in [0, 0.1) is 0 Å². The third-order valence-corrected chi connectivity index (χ3v) is 5.68. The summed E-state index contributed by atoms with van der Waals surface area (Å²) in [6.07, 6.45) is 3.37. The number of anilines is 3. The number of rotatable bonds is 7. The first kappa shape index (κ1) is 22.3. The summed E-state index contributed by atoms with van der Waals surface area (Å²) < 4.78 is 5.33. The van der Waals surface area contributed by atoms with Gasteiger partial charge in [0.25, 0.3) is 5.91 Å². The lowest BCUT2D eigenvalue weighted by Gasteiger charge is -2.26. The van der Waals surface area contributed by atoms with E-state index in [9.17, 15) is 4.79 Å². The molecular formula is C26H25N7O2. The molecule has 2 aromatic heterocycles. The van der Waals surface area contributed by atoms with E-state index in [2.05, 4.69) is 39.0 Å². The van der Waals surface area contributed by atoms with Crippen LogP contribution in [0.4, 0.5) is 17.3 Å². The molecule has 1 saturated heterocycles. The molecule has 176 valence electrons. The molecule has 1 aliphatic rings. The molecule has 0 saturated carbocycles. The van der Waals surface area contributed by atoms with Crippen LogP contribution in [0.1, 0.15) is 10.4 Å². The Morgan fingerprint density at radius 1 is 1.09 bits per heavy atom. The van der Waals surface area contributed by atoms with Crippen molar-refractivity contribution in [3.8, 4) is 11.3 Å². The number of nitrogens with one attached hydrogen (secondary N) is 3. The highest BCUT2D eigenvalue weighted by molar-refractivity contribution is 5.95. The number of hydrogen-bond acceptors (Lipinski definition) is 7. The smallest absolute Gasteiger partial charge is 0.254 e. The Labute approximate surface area is 202 Å². The van der Waals surface area contributed by atoms with E-state index in [4.69, 9.17) is 9.72 Å². The van der Waals surface area contributed by atoms with Crippen molar-refractivity contribution in [2.24, 2.45) is 0 Å². The number of aromatic amines is 1. The topological polar surface area (TPSA) is 108 Å². The molecule has 4 aromatic rings. The Balaban J connectivity index is 1.40. The van der Waals surface area contributed by atoms with E-state index < -0.39 is 0 Å². The van der Waals surface area contributed by atoms with Crippen LogP contribution < -0.4 is 10.6 Å². The maximum absolute atomic E-state index is 12.7. The molecule has 0 atom stereocenters. The van der Waals surface area contributed by atoms with Crippen molar-refractivity contribution in [2.75, 3.05) is 36.9 Å². The second-order valence-corrected chi connectivity index (χ2v) is 8.07. The van der Waals surface area contributed by atoms with Crippen molar-refractivity contribution in [2.45, 2.75) is 0 Å². The lowest BCUT2D eigenvalue weighted by molar-refractivity contribution is 0.0303. The van der Waals surface area contributed by atoms with Gasteiger partial charge in [-0.15, -0.1) is 0 Å². The second-order valence-electron chi connectivity index (χ2n) is 8.07. The molecule has 9 nitrogen and oxygen atoms in total. The van der Waals surface area contributed by atoms with Gasteiger partial charge >= 0.3 is 0 Å². The van der Waals surface area contributed by atoms with Gasteiger partial charge in [-0.05, 0) is 42.5 Å². The zero-order chi connectivity index (χ0) is 24.2. The number of benzene rings is 2. The number of morpholine rings is 1. The largest absolute Gasteiger partial charge is 0.378 e. The molecular weight excluding hydrogens is 442 g/mol. The average Bonchev–Trinajstić information content (AvgIpc) is 3.37. The molecule has 9 heteroatoms. The predicted molar refractivity (Wildman–Crippen MR) is 137 cm³/mol. The van der Waals surface area contributed by atoms with Gasteiger partial charge in [0.1, 0.15) is 0 Å². The quantitative estimate of drug-likeness (QED) is 0.347. The molecule has 1 amide bonds. The molecule has 0 spiro atoms. The Bertz CT molecular complexity index is 1390. The van der Waals surface area contributed by atoms with E-state index in [0.29, 0.717) is 49.2 Å². The van der Waals surface area contributed by atoms with Crippen molar-refractivity contribution in [1.82, 2.24) is 25.1 Å². The van der Waals surface area contributed by atoms with Crippen LogP contribution in [0.15, 0.2) is 79.7 Å². The fourth-order valence-corrected chi connectivity index (χ4v) is 3.87. The number of amides is 1. The molecule has 3 N–H and O–H groups in total. The van der Waals surface area contributed by atoms with Gasteiger partial charge in [-0.1, -0.05) is 25.3 Å². The van der Waals surface area contributed by atoms with Crippen molar-refractivity contribution in [3.63, 3.8) is 0 Å². The number of carbonyl (C=O) groups is 1. The minimum absolute atomic E-state index is 0.00453. The molecule has 3 heterocycles. The number of carbonyl (C=O) groups excluding carboxylic acids is 1. The van der Waals surface area contributed by atoms with Gasteiger partial charge in [0, 0.05) is 41.3 Å². The molecule has 0 unspecified atom stereocenters. The van der Waals surface area contributed by atoms with Crippen LogP contribution in [-0.2, 0) is 4.74 Å². The lowest BCUT2D eigenvalue weighted by atomic mass is 10.1. The van der Waals surface area contributed by atoms with Gasteiger partial charge in [0.2, 0.25) is 5.95 Å². The third kappa shape index (κ3) is 4.90. The summed E-state index contributed by atoms with van der Waals surface area (Å²) in [6, 6.07) is 15.2. The summed E-state index contributed by atoms with van der Waals surface area (Å²) in [5.74, 6) is 0.419. The van der Waals surface area contributed by atoms with Gasteiger partial charge in [-0.3, -0.25) is 9.89 Å². The van der Waals surface area contributed by atoms with Gasteiger partial charge < -0.3 is 20.3 Å². The van der Waals surface area contributed by atoms with E-state index in [1.54, 1.807) is 29.3 Å². The number of hydrogen-bond donors (Lipinski definition) is 3. The maximum Gasteiger partial charge on any atom is 0.254 e. The lowest BCUT2D eigenvalue weighted by Crippen LogP contribution is -2.40. The molecule has 5 rings (SSSR count). The van der Waals surface area contributed by atoms with Crippen molar-refractivity contribution in [3.05, 3.63) is 85.2 Å². The fraction of sp³-hybridized carbons (Fsp3) is 0.154. The first-order chi connectivity index (χ1) is 17.1. The molecule has 35 heavy (non-hydrogen) atoms. The van der Waals surface area contributed by atoms with Crippen LogP contribution in [0.3, 0.4) is 0 Å². The zero-order valence-corrected chi connectivity index (χ0v) is 19.1. The molecule has 2 aromatic carbocycles. The summed E-state index contributed by atoms with van der Waals surface area (Å²) in [5, 5.41) is 14.3. The highest BCUT2D eigenvalue weighted by Crippen LogP contribution is 2.29. The van der Waals surface area contributed by atoms with Gasteiger partial charge in [-0.2, -0.15) is 10.1 Å². The SMILES string of the molecule is C=CC(=C)Nc1cccc(-c2nc(Nc3ccc(C(=O)N4CCOCC4)cc3)nc3[nH]ncc23)c1. The highest BCUT2D eigenvalue weighted by Gasteiger charge is 2.18. The minimum Gasteiger partial charge on any atom is -0.378 e. The molecule has 0 bridgehead atoms. The summed E-state index contributed by atoms with van der Waals surface area (Å²) in [5.41, 5.74) is 5.23. The average molecular weight is 468 g/mol. The Morgan fingerprint density at radius 3 is 2.66 bits per heavy atom. The van der Waals surface area contributed by atoms with E-state index >= 15 is 0 Å². The van der Waals surface area contributed by atoms with Crippen LogP contribution in [0.5, 0.6) is 0 Å². The van der Waals surface area contributed by atoms with Crippen molar-refractivity contribution >= 4 is 34.3 Å². The minimum atomic E-state index is 0.00453. The number of aromatic nitrogens is 4. The van der Waals surface area contributed by atoms with Gasteiger partial charge in [-0.25, -0.2) is 4.98 Å². The number of H-pyrrole nitrogens is 1. The Morgan fingerprint density at radius 2 is 1.89 bits per heavy atom. The number of nitrogens with zero attached hydrogens (tertiary/aromatic N) is 4. The third-order valence-electron chi connectivity index (χ3n) is 5.68. The maximum atomic E-state index is 12.7. The summed E-state index contributed by atoms with van der Waals surface area (Å²) in [4.78, 5) is 23.8.